The van der Waals surface area contributed by atoms with Crippen LogP contribution >= 0.6 is 0 Å². The number of morpholine rings is 1. The Hall–Kier alpha value is -3.19. The summed E-state index contributed by atoms with van der Waals surface area (Å²) in [6.07, 6.45) is 2.97. The zero-order chi connectivity index (χ0) is 22.9. The average molecular weight is 449 g/mol. The molecule has 1 saturated heterocycles. The van der Waals surface area contributed by atoms with Gasteiger partial charge in [-0.05, 0) is 63.4 Å². The summed E-state index contributed by atoms with van der Waals surface area (Å²) in [7, 11) is 0. The fourth-order valence-electron chi connectivity index (χ4n) is 4.74. The van der Waals surface area contributed by atoms with Gasteiger partial charge in [0.1, 0.15) is 0 Å². The lowest BCUT2D eigenvalue weighted by Crippen LogP contribution is -2.36. The molecule has 2 heterocycles. The van der Waals surface area contributed by atoms with E-state index >= 15 is 0 Å². The number of anilines is 3. The Labute approximate surface area is 194 Å². The first kappa shape index (κ1) is 21.6. The highest BCUT2D eigenvalue weighted by atomic mass is 16.6. The maximum atomic E-state index is 11.9. The molecule has 1 saturated carbocycles. The van der Waals surface area contributed by atoms with E-state index in [0.29, 0.717) is 11.7 Å². The number of carbonyl (C=O) groups is 1. The van der Waals surface area contributed by atoms with E-state index in [1.165, 1.54) is 30.5 Å². The number of aromatic nitrogens is 1. The van der Waals surface area contributed by atoms with Crippen molar-refractivity contribution in [2.75, 3.05) is 42.3 Å². The Kier molecular flexibility index (Phi) is 5.89. The molecule has 1 aliphatic heterocycles. The van der Waals surface area contributed by atoms with E-state index < -0.39 is 6.09 Å². The van der Waals surface area contributed by atoms with Crippen molar-refractivity contribution in [3.63, 3.8) is 0 Å². The predicted molar refractivity (Wildman–Crippen MR) is 133 cm³/mol. The van der Waals surface area contributed by atoms with Crippen molar-refractivity contribution in [1.29, 1.82) is 0 Å². The SMILES string of the molecule is CC(C)OC(=O)Nc1ccc(-c2c(N)c3cc(N4CCOCC4)ccc3n2C2CCC2)cc1. The first-order chi connectivity index (χ1) is 16.0. The molecule has 2 aromatic carbocycles. The third-order valence-electron chi connectivity index (χ3n) is 6.59. The molecule has 2 aliphatic rings. The van der Waals surface area contributed by atoms with Crippen LogP contribution in [0.5, 0.6) is 0 Å². The van der Waals surface area contributed by atoms with Crippen LogP contribution in [-0.4, -0.2) is 43.1 Å². The van der Waals surface area contributed by atoms with Gasteiger partial charge < -0.3 is 24.7 Å². The summed E-state index contributed by atoms with van der Waals surface area (Å²) < 4.78 is 13.1. The van der Waals surface area contributed by atoms with Gasteiger partial charge in [0.15, 0.2) is 0 Å². The number of rotatable bonds is 5. The maximum absolute atomic E-state index is 11.9. The van der Waals surface area contributed by atoms with Gasteiger partial charge in [0, 0.05) is 41.5 Å². The van der Waals surface area contributed by atoms with Crippen LogP contribution in [0.1, 0.15) is 39.2 Å². The number of hydrogen-bond donors (Lipinski definition) is 2. The van der Waals surface area contributed by atoms with Crippen LogP contribution in [-0.2, 0) is 9.47 Å². The first-order valence-electron chi connectivity index (χ1n) is 11.9. The molecule has 7 heteroatoms. The zero-order valence-electron chi connectivity index (χ0n) is 19.3. The Morgan fingerprint density at radius 1 is 1.12 bits per heavy atom. The fourth-order valence-corrected chi connectivity index (χ4v) is 4.74. The molecule has 33 heavy (non-hydrogen) atoms. The van der Waals surface area contributed by atoms with E-state index in [-0.39, 0.29) is 6.10 Å². The number of nitrogens with two attached hydrogens (primary N) is 1. The van der Waals surface area contributed by atoms with Crippen LogP contribution in [0, 0.1) is 0 Å². The van der Waals surface area contributed by atoms with Crippen LogP contribution in [0.4, 0.5) is 21.9 Å². The number of carbonyl (C=O) groups excluding carboxylic acids is 1. The van der Waals surface area contributed by atoms with Gasteiger partial charge in [0.2, 0.25) is 0 Å². The van der Waals surface area contributed by atoms with Crippen LogP contribution < -0.4 is 16.0 Å². The molecular formula is C26H32N4O3. The molecule has 1 aromatic heterocycles. The quantitative estimate of drug-likeness (QED) is 0.545. The highest BCUT2D eigenvalue weighted by Crippen LogP contribution is 2.45. The lowest BCUT2D eigenvalue weighted by atomic mass is 9.92. The minimum Gasteiger partial charge on any atom is -0.447 e. The lowest BCUT2D eigenvalue weighted by molar-refractivity contribution is 0.122. The van der Waals surface area contributed by atoms with Gasteiger partial charge in [-0.1, -0.05) is 12.1 Å². The Morgan fingerprint density at radius 3 is 2.48 bits per heavy atom. The van der Waals surface area contributed by atoms with Gasteiger partial charge in [-0.2, -0.15) is 0 Å². The summed E-state index contributed by atoms with van der Waals surface area (Å²) >= 11 is 0. The monoisotopic (exact) mass is 448 g/mol. The van der Waals surface area contributed by atoms with Crippen molar-refractivity contribution < 1.29 is 14.3 Å². The average Bonchev–Trinajstić information content (AvgIpc) is 3.05. The van der Waals surface area contributed by atoms with Crippen molar-refractivity contribution in [1.82, 2.24) is 4.57 Å². The number of nitrogens with one attached hydrogen (secondary N) is 1. The second-order valence-corrected chi connectivity index (χ2v) is 9.17. The smallest absolute Gasteiger partial charge is 0.411 e. The number of fused-ring (bicyclic) bond motifs is 1. The summed E-state index contributed by atoms with van der Waals surface area (Å²) in [6, 6.07) is 15.0. The number of benzene rings is 2. The maximum Gasteiger partial charge on any atom is 0.411 e. The normalized spacial score (nSPS) is 16.8. The molecule has 0 spiro atoms. The van der Waals surface area contributed by atoms with Crippen molar-refractivity contribution in [3.8, 4) is 11.3 Å². The van der Waals surface area contributed by atoms with E-state index in [1.807, 2.05) is 38.1 Å². The Bertz CT molecular complexity index is 1140. The second kappa shape index (κ2) is 8.98. The van der Waals surface area contributed by atoms with E-state index in [4.69, 9.17) is 15.2 Å². The van der Waals surface area contributed by atoms with E-state index in [0.717, 1.165) is 48.6 Å². The van der Waals surface area contributed by atoms with Crippen molar-refractivity contribution in [3.05, 3.63) is 42.5 Å². The highest BCUT2D eigenvalue weighted by Gasteiger charge is 2.27. The first-order valence-corrected chi connectivity index (χ1v) is 11.9. The second-order valence-electron chi connectivity index (χ2n) is 9.17. The molecular weight excluding hydrogens is 416 g/mol. The number of nitrogens with zero attached hydrogens (tertiary/aromatic N) is 2. The van der Waals surface area contributed by atoms with Gasteiger partial charge in [-0.3, -0.25) is 5.32 Å². The minimum absolute atomic E-state index is 0.162. The van der Waals surface area contributed by atoms with Gasteiger partial charge in [-0.25, -0.2) is 4.79 Å². The van der Waals surface area contributed by atoms with E-state index in [1.54, 1.807) is 0 Å². The molecule has 2 fully saturated rings. The van der Waals surface area contributed by atoms with Crippen LogP contribution in [0.15, 0.2) is 42.5 Å². The van der Waals surface area contributed by atoms with Gasteiger partial charge in [0.05, 0.1) is 36.2 Å². The standard InChI is InChI=1S/C26H32N4O3/c1-17(2)33-26(31)28-19-8-6-18(7-9-19)25-24(27)22-16-21(29-12-14-32-15-13-29)10-11-23(22)30(25)20-4-3-5-20/h6-11,16-17,20H,3-5,12-15,27H2,1-2H3,(H,28,31). The summed E-state index contributed by atoms with van der Waals surface area (Å²) in [5.74, 6) is 0. The Balaban J connectivity index is 1.51. The van der Waals surface area contributed by atoms with Crippen molar-refractivity contribution >= 4 is 34.1 Å². The van der Waals surface area contributed by atoms with Gasteiger partial charge >= 0.3 is 6.09 Å². The largest absolute Gasteiger partial charge is 0.447 e. The third-order valence-corrected chi connectivity index (χ3v) is 6.59. The van der Waals surface area contributed by atoms with Crippen LogP contribution in [0.2, 0.25) is 0 Å². The number of nitrogen functional groups attached to an aromatic ring is 1. The van der Waals surface area contributed by atoms with Crippen molar-refractivity contribution in [2.45, 2.75) is 45.3 Å². The number of hydrogen-bond acceptors (Lipinski definition) is 5. The van der Waals surface area contributed by atoms with Crippen LogP contribution in [0.3, 0.4) is 0 Å². The highest BCUT2D eigenvalue weighted by molar-refractivity contribution is 6.02. The van der Waals surface area contributed by atoms with E-state index in [2.05, 4.69) is 33.0 Å². The lowest BCUT2D eigenvalue weighted by Gasteiger charge is -2.31. The molecule has 0 radical (unpaired) electrons. The van der Waals surface area contributed by atoms with Crippen LogP contribution in [0.25, 0.3) is 22.2 Å². The molecule has 1 aliphatic carbocycles. The van der Waals surface area contributed by atoms with Gasteiger partial charge in [-0.15, -0.1) is 0 Å². The van der Waals surface area contributed by atoms with Crippen molar-refractivity contribution in [2.24, 2.45) is 0 Å². The zero-order valence-corrected chi connectivity index (χ0v) is 19.3. The molecule has 0 unspecified atom stereocenters. The fraction of sp³-hybridized carbons (Fsp3) is 0.423. The summed E-state index contributed by atoms with van der Waals surface area (Å²) in [6.45, 7) is 6.97. The minimum atomic E-state index is -0.448. The van der Waals surface area contributed by atoms with Gasteiger partial charge in [0.25, 0.3) is 0 Å². The number of ether oxygens (including phenoxy) is 2. The summed E-state index contributed by atoms with van der Waals surface area (Å²) in [5.41, 5.74) is 12.8. The third kappa shape index (κ3) is 4.25. The molecule has 0 bridgehead atoms. The molecule has 0 atom stereocenters. The summed E-state index contributed by atoms with van der Waals surface area (Å²) in [5, 5.41) is 3.88. The Morgan fingerprint density at radius 2 is 1.85 bits per heavy atom. The molecule has 3 N–H and O–H groups in total. The summed E-state index contributed by atoms with van der Waals surface area (Å²) in [4.78, 5) is 14.3. The molecule has 3 aromatic rings. The molecule has 1 amide bonds. The number of amides is 1. The molecule has 7 nitrogen and oxygen atoms in total. The van der Waals surface area contributed by atoms with E-state index in [9.17, 15) is 4.79 Å². The predicted octanol–water partition coefficient (Wildman–Crippen LogP) is 5.41. The molecule has 5 rings (SSSR count). The molecule has 174 valence electrons. The topological polar surface area (TPSA) is 81.8 Å².